The molecule has 0 heterocycles. The van der Waals surface area contributed by atoms with Crippen LogP contribution >= 0.6 is 11.8 Å². The maximum atomic E-state index is 12.3. The summed E-state index contributed by atoms with van der Waals surface area (Å²) in [6.45, 7) is 1.84. The zero-order chi connectivity index (χ0) is 14.6. The smallest absolute Gasteiger partial charge is 0.207 e. The summed E-state index contributed by atoms with van der Waals surface area (Å²) in [5.41, 5.74) is 0.941. The molecule has 0 unspecified atom stereocenters. The third-order valence-corrected chi connectivity index (χ3v) is 5.30. The van der Waals surface area contributed by atoms with Crippen LogP contribution in [0.3, 0.4) is 0 Å². The molecule has 0 fully saturated rings. The van der Waals surface area contributed by atoms with Gasteiger partial charge in [-0.2, -0.15) is 0 Å². The summed E-state index contributed by atoms with van der Waals surface area (Å²) in [5.74, 6) is 0. The molecule has 0 saturated carbocycles. The number of nitrogens with one attached hydrogen (secondary N) is 1. The summed E-state index contributed by atoms with van der Waals surface area (Å²) in [5, 5.41) is 0. The molecular formula is C15H17NO2S2. The van der Waals surface area contributed by atoms with E-state index in [0.29, 0.717) is 0 Å². The van der Waals surface area contributed by atoms with Crippen molar-refractivity contribution in [2.45, 2.75) is 22.8 Å². The monoisotopic (exact) mass is 307 g/mol. The van der Waals surface area contributed by atoms with Gasteiger partial charge in [0, 0.05) is 10.9 Å². The molecule has 0 aliphatic heterocycles. The zero-order valence-corrected chi connectivity index (χ0v) is 13.0. The predicted octanol–water partition coefficient (Wildman–Crippen LogP) is 3.45. The topological polar surface area (TPSA) is 46.2 Å². The number of hydrogen-bond acceptors (Lipinski definition) is 3. The van der Waals surface area contributed by atoms with Crippen molar-refractivity contribution in [1.29, 1.82) is 0 Å². The highest BCUT2D eigenvalue weighted by Gasteiger charge is 2.17. The molecule has 0 aliphatic carbocycles. The van der Waals surface area contributed by atoms with E-state index in [4.69, 9.17) is 0 Å². The van der Waals surface area contributed by atoms with Gasteiger partial charge in [-0.3, -0.25) is 0 Å². The molecule has 5 heteroatoms. The van der Waals surface area contributed by atoms with E-state index >= 15 is 0 Å². The van der Waals surface area contributed by atoms with Crippen LogP contribution in [0.1, 0.15) is 18.5 Å². The third-order valence-electron chi connectivity index (χ3n) is 3.00. The second kappa shape index (κ2) is 6.43. The Balaban J connectivity index is 2.18. The van der Waals surface area contributed by atoms with Gasteiger partial charge in [-0.1, -0.05) is 30.3 Å². The first-order valence-electron chi connectivity index (χ1n) is 6.24. The van der Waals surface area contributed by atoms with Gasteiger partial charge < -0.3 is 0 Å². The van der Waals surface area contributed by atoms with Crippen molar-refractivity contribution in [1.82, 2.24) is 4.72 Å². The Morgan fingerprint density at radius 3 is 2.15 bits per heavy atom. The SMILES string of the molecule is CSc1ccc(S(=O)(=O)N[C@@H](C)c2ccccc2)cc1. The molecule has 0 aromatic heterocycles. The molecular weight excluding hydrogens is 290 g/mol. The lowest BCUT2D eigenvalue weighted by atomic mass is 10.1. The fraction of sp³-hybridized carbons (Fsp3) is 0.200. The molecule has 20 heavy (non-hydrogen) atoms. The minimum atomic E-state index is -3.49. The van der Waals surface area contributed by atoms with Crippen LogP contribution in [0.15, 0.2) is 64.4 Å². The number of hydrogen-bond donors (Lipinski definition) is 1. The van der Waals surface area contributed by atoms with E-state index in [1.54, 1.807) is 23.9 Å². The van der Waals surface area contributed by atoms with Crippen molar-refractivity contribution >= 4 is 21.8 Å². The first-order valence-corrected chi connectivity index (χ1v) is 8.95. The van der Waals surface area contributed by atoms with Crippen molar-refractivity contribution in [2.24, 2.45) is 0 Å². The maximum Gasteiger partial charge on any atom is 0.241 e. The first kappa shape index (κ1) is 15.1. The molecule has 1 atom stereocenters. The van der Waals surface area contributed by atoms with E-state index in [2.05, 4.69) is 4.72 Å². The predicted molar refractivity (Wildman–Crippen MR) is 83.4 cm³/mol. The van der Waals surface area contributed by atoms with Crippen LogP contribution in [0.5, 0.6) is 0 Å². The van der Waals surface area contributed by atoms with Crippen molar-refractivity contribution in [2.75, 3.05) is 6.26 Å². The van der Waals surface area contributed by atoms with Gasteiger partial charge in [0.05, 0.1) is 4.90 Å². The minimum Gasteiger partial charge on any atom is -0.207 e. The van der Waals surface area contributed by atoms with Crippen LogP contribution in [0, 0.1) is 0 Å². The second-order valence-electron chi connectivity index (χ2n) is 4.43. The summed E-state index contributed by atoms with van der Waals surface area (Å²) in [6, 6.07) is 16.1. The molecule has 0 bridgehead atoms. The lowest BCUT2D eigenvalue weighted by Crippen LogP contribution is -2.26. The van der Waals surface area contributed by atoms with Gasteiger partial charge >= 0.3 is 0 Å². The zero-order valence-electron chi connectivity index (χ0n) is 11.4. The molecule has 2 aromatic rings. The molecule has 0 amide bonds. The van der Waals surface area contributed by atoms with Crippen molar-refractivity contribution in [3.05, 3.63) is 60.2 Å². The normalized spacial score (nSPS) is 13.1. The van der Waals surface area contributed by atoms with Crippen molar-refractivity contribution in [3.8, 4) is 0 Å². The molecule has 0 radical (unpaired) electrons. The molecule has 2 rings (SSSR count). The van der Waals surface area contributed by atoms with E-state index in [1.165, 1.54) is 0 Å². The number of benzene rings is 2. The van der Waals surface area contributed by atoms with Crippen LogP contribution in [-0.2, 0) is 10.0 Å². The Kier molecular flexibility index (Phi) is 4.86. The number of rotatable bonds is 5. The standard InChI is InChI=1S/C15H17NO2S2/c1-12(13-6-4-3-5-7-13)16-20(17,18)15-10-8-14(19-2)9-11-15/h3-12,16H,1-2H3/t12-/m0/s1. The Hall–Kier alpha value is -1.30. The lowest BCUT2D eigenvalue weighted by molar-refractivity contribution is 0.567. The van der Waals surface area contributed by atoms with Crippen LogP contribution in [0.25, 0.3) is 0 Å². The van der Waals surface area contributed by atoms with Crippen LogP contribution in [0.2, 0.25) is 0 Å². The molecule has 2 aromatic carbocycles. The minimum absolute atomic E-state index is 0.263. The maximum absolute atomic E-state index is 12.3. The Bertz CT molecular complexity index is 652. The van der Waals surface area contributed by atoms with Gasteiger partial charge in [0.2, 0.25) is 10.0 Å². The molecule has 0 aliphatic rings. The second-order valence-corrected chi connectivity index (χ2v) is 7.02. The molecule has 1 N–H and O–H groups in total. The van der Waals surface area contributed by atoms with Gasteiger partial charge in [0.25, 0.3) is 0 Å². The fourth-order valence-corrected chi connectivity index (χ4v) is 3.51. The van der Waals surface area contributed by atoms with Gasteiger partial charge in [0.1, 0.15) is 0 Å². The summed E-state index contributed by atoms with van der Waals surface area (Å²) >= 11 is 1.58. The number of sulfonamides is 1. The average Bonchev–Trinajstić information content (AvgIpc) is 2.48. The van der Waals surface area contributed by atoms with Crippen LogP contribution in [-0.4, -0.2) is 14.7 Å². The highest BCUT2D eigenvalue weighted by molar-refractivity contribution is 7.98. The molecule has 106 valence electrons. The van der Waals surface area contributed by atoms with Crippen molar-refractivity contribution < 1.29 is 8.42 Å². The summed E-state index contributed by atoms with van der Waals surface area (Å²) in [7, 11) is -3.49. The Morgan fingerprint density at radius 2 is 1.60 bits per heavy atom. The first-order chi connectivity index (χ1) is 9.53. The highest BCUT2D eigenvalue weighted by atomic mass is 32.2. The van der Waals surface area contributed by atoms with Gasteiger partial charge in [-0.15, -0.1) is 11.8 Å². The van der Waals surface area contributed by atoms with E-state index in [0.717, 1.165) is 10.5 Å². The van der Waals surface area contributed by atoms with Crippen molar-refractivity contribution in [3.63, 3.8) is 0 Å². The molecule has 0 spiro atoms. The average molecular weight is 307 g/mol. The summed E-state index contributed by atoms with van der Waals surface area (Å²) in [6.07, 6.45) is 1.96. The largest absolute Gasteiger partial charge is 0.241 e. The van der Waals surface area contributed by atoms with E-state index in [1.807, 2.05) is 55.6 Å². The third kappa shape index (κ3) is 3.62. The summed E-state index contributed by atoms with van der Waals surface area (Å²) < 4.78 is 27.3. The summed E-state index contributed by atoms with van der Waals surface area (Å²) in [4.78, 5) is 1.33. The quantitative estimate of drug-likeness (QED) is 0.861. The molecule has 0 saturated heterocycles. The number of thioether (sulfide) groups is 1. The molecule has 3 nitrogen and oxygen atoms in total. The van der Waals surface area contributed by atoms with Gasteiger partial charge in [0.15, 0.2) is 0 Å². The van der Waals surface area contributed by atoms with Crippen LogP contribution < -0.4 is 4.72 Å². The van der Waals surface area contributed by atoms with Gasteiger partial charge in [-0.25, -0.2) is 13.1 Å². The van der Waals surface area contributed by atoms with Gasteiger partial charge in [-0.05, 0) is 43.0 Å². The lowest BCUT2D eigenvalue weighted by Gasteiger charge is -2.14. The van der Waals surface area contributed by atoms with E-state index in [-0.39, 0.29) is 10.9 Å². The van der Waals surface area contributed by atoms with E-state index in [9.17, 15) is 8.42 Å². The Morgan fingerprint density at radius 1 is 1.00 bits per heavy atom. The fourth-order valence-electron chi connectivity index (χ4n) is 1.87. The van der Waals surface area contributed by atoms with E-state index < -0.39 is 10.0 Å². The highest BCUT2D eigenvalue weighted by Crippen LogP contribution is 2.20. The Labute approximate surface area is 124 Å². The van der Waals surface area contributed by atoms with Crippen LogP contribution in [0.4, 0.5) is 0 Å².